The molecule has 3 N–H and O–H groups in total. The molecule has 1 amide bonds. The molecule has 0 aliphatic carbocycles. The van der Waals surface area contributed by atoms with Gasteiger partial charge < -0.3 is 15.7 Å². The van der Waals surface area contributed by atoms with Crippen LogP contribution in [0.25, 0.3) is 0 Å². The van der Waals surface area contributed by atoms with Crippen LogP contribution in [0.4, 0.5) is 13.2 Å². The number of carbonyl (C=O) groups excluding carboxylic acids is 1. The number of carboxylic acids is 1. The molecule has 16 heavy (non-hydrogen) atoms. The van der Waals surface area contributed by atoms with Crippen molar-refractivity contribution in [3.63, 3.8) is 0 Å². The second kappa shape index (κ2) is 5.69. The van der Waals surface area contributed by atoms with Gasteiger partial charge in [0.2, 0.25) is 5.91 Å². The van der Waals surface area contributed by atoms with Crippen molar-refractivity contribution in [2.75, 3.05) is 13.6 Å². The summed E-state index contributed by atoms with van der Waals surface area (Å²) in [6.07, 6.45) is -6.10. The summed E-state index contributed by atoms with van der Waals surface area (Å²) in [4.78, 5) is 22.3. The zero-order chi connectivity index (χ0) is 12.9. The largest absolute Gasteiger partial charge is 0.481 e. The quantitative estimate of drug-likeness (QED) is 0.721. The smallest absolute Gasteiger partial charge is 0.390 e. The Balaban J connectivity index is 4.13. The number of alkyl halides is 3. The molecule has 0 radical (unpaired) electrons. The number of aliphatic carboxylic acids is 1. The van der Waals surface area contributed by atoms with Crippen LogP contribution in [-0.2, 0) is 9.59 Å². The fraction of sp³-hybridized carbons (Fsp3) is 0.750. The fourth-order valence-corrected chi connectivity index (χ4v) is 0.963. The number of nitrogens with zero attached hydrogens (tertiary/aromatic N) is 1. The van der Waals surface area contributed by atoms with Gasteiger partial charge in [-0.2, -0.15) is 13.2 Å². The molecule has 0 heterocycles. The number of rotatable bonds is 5. The van der Waals surface area contributed by atoms with Crippen molar-refractivity contribution < 1.29 is 27.9 Å². The number of nitrogens with two attached hydrogens (primary N) is 1. The minimum atomic E-state index is -4.36. The van der Waals surface area contributed by atoms with Crippen molar-refractivity contribution >= 4 is 11.9 Å². The Hall–Kier alpha value is -1.31. The van der Waals surface area contributed by atoms with E-state index in [2.05, 4.69) is 0 Å². The molecule has 0 aromatic carbocycles. The standard InChI is InChI=1S/C8H13F3N2O3/c1-13(3-2-8(9,10)11)7(16)5(12)4-6(14)15/h5H,2-4,12H2,1H3,(H,14,15). The van der Waals surface area contributed by atoms with Crippen molar-refractivity contribution in [1.82, 2.24) is 4.90 Å². The van der Waals surface area contributed by atoms with Gasteiger partial charge in [-0.05, 0) is 0 Å². The van der Waals surface area contributed by atoms with E-state index >= 15 is 0 Å². The molecule has 1 unspecified atom stereocenters. The van der Waals surface area contributed by atoms with E-state index in [4.69, 9.17) is 10.8 Å². The normalized spacial score (nSPS) is 13.3. The number of carbonyl (C=O) groups is 2. The lowest BCUT2D eigenvalue weighted by molar-refractivity contribution is -0.147. The van der Waals surface area contributed by atoms with Gasteiger partial charge in [0.05, 0.1) is 18.9 Å². The third-order valence-electron chi connectivity index (χ3n) is 1.82. The lowest BCUT2D eigenvalue weighted by atomic mass is 10.2. The van der Waals surface area contributed by atoms with Gasteiger partial charge in [0, 0.05) is 13.6 Å². The monoisotopic (exact) mass is 242 g/mol. The average molecular weight is 242 g/mol. The van der Waals surface area contributed by atoms with Crippen LogP contribution in [0.1, 0.15) is 12.8 Å². The second-order valence-corrected chi connectivity index (χ2v) is 3.33. The minimum Gasteiger partial charge on any atom is -0.481 e. The van der Waals surface area contributed by atoms with Crippen LogP contribution >= 0.6 is 0 Å². The third kappa shape index (κ3) is 6.23. The Morgan fingerprint density at radius 1 is 1.44 bits per heavy atom. The van der Waals surface area contributed by atoms with E-state index in [-0.39, 0.29) is 0 Å². The van der Waals surface area contributed by atoms with E-state index in [0.29, 0.717) is 0 Å². The molecule has 1 atom stereocenters. The number of likely N-dealkylation sites (N-methyl/N-ethyl adjacent to an activating group) is 1. The van der Waals surface area contributed by atoms with Gasteiger partial charge in [0.25, 0.3) is 0 Å². The molecule has 0 aromatic rings. The van der Waals surface area contributed by atoms with Crippen LogP contribution in [0.2, 0.25) is 0 Å². The van der Waals surface area contributed by atoms with Crippen LogP contribution in [-0.4, -0.2) is 47.7 Å². The molecule has 0 aliphatic heterocycles. The average Bonchev–Trinajstić information content (AvgIpc) is 2.10. The SMILES string of the molecule is CN(CCC(F)(F)F)C(=O)C(N)CC(=O)O. The summed E-state index contributed by atoms with van der Waals surface area (Å²) in [5.41, 5.74) is 5.21. The van der Waals surface area contributed by atoms with Crippen LogP contribution in [0.5, 0.6) is 0 Å². The number of carboxylic acid groups (broad SMARTS) is 1. The van der Waals surface area contributed by atoms with Crippen LogP contribution < -0.4 is 5.73 Å². The second-order valence-electron chi connectivity index (χ2n) is 3.33. The Morgan fingerprint density at radius 3 is 2.31 bits per heavy atom. The highest BCUT2D eigenvalue weighted by molar-refractivity contribution is 5.85. The maximum atomic E-state index is 11.8. The molecule has 0 fully saturated rings. The van der Waals surface area contributed by atoms with Gasteiger partial charge in [0.15, 0.2) is 0 Å². The van der Waals surface area contributed by atoms with E-state index in [1.165, 1.54) is 0 Å². The minimum absolute atomic E-state index is 0.532. The number of amides is 1. The molecule has 0 saturated carbocycles. The van der Waals surface area contributed by atoms with Crippen LogP contribution in [0.15, 0.2) is 0 Å². The van der Waals surface area contributed by atoms with Crippen molar-refractivity contribution in [1.29, 1.82) is 0 Å². The van der Waals surface area contributed by atoms with Gasteiger partial charge in [0.1, 0.15) is 0 Å². The lowest BCUT2D eigenvalue weighted by Crippen LogP contribution is -2.43. The zero-order valence-corrected chi connectivity index (χ0v) is 8.62. The van der Waals surface area contributed by atoms with Crippen molar-refractivity contribution in [2.24, 2.45) is 5.73 Å². The molecule has 0 aromatic heterocycles. The molecule has 0 saturated heterocycles. The summed E-state index contributed by atoms with van der Waals surface area (Å²) < 4.78 is 35.5. The van der Waals surface area contributed by atoms with Gasteiger partial charge >= 0.3 is 12.1 Å². The van der Waals surface area contributed by atoms with Crippen molar-refractivity contribution in [3.05, 3.63) is 0 Å². The Kier molecular flexibility index (Phi) is 5.22. The summed E-state index contributed by atoms with van der Waals surface area (Å²) in [5, 5.41) is 8.34. The van der Waals surface area contributed by atoms with Gasteiger partial charge in [-0.3, -0.25) is 9.59 Å². The molecule has 0 spiro atoms. The molecule has 8 heteroatoms. The summed E-state index contributed by atoms with van der Waals surface area (Å²) in [7, 11) is 1.15. The van der Waals surface area contributed by atoms with E-state index in [1.54, 1.807) is 0 Å². The highest BCUT2D eigenvalue weighted by atomic mass is 19.4. The molecule has 0 bridgehead atoms. The molecular formula is C8H13F3N2O3. The molecule has 0 aliphatic rings. The van der Waals surface area contributed by atoms with Crippen molar-refractivity contribution in [3.8, 4) is 0 Å². The number of hydrogen-bond donors (Lipinski definition) is 2. The number of hydrogen-bond acceptors (Lipinski definition) is 3. The molecule has 0 rings (SSSR count). The van der Waals surface area contributed by atoms with E-state index in [1.807, 2.05) is 0 Å². The Morgan fingerprint density at radius 2 is 1.94 bits per heavy atom. The summed E-state index contributed by atoms with van der Waals surface area (Å²) >= 11 is 0. The van der Waals surface area contributed by atoms with Gasteiger partial charge in [-0.1, -0.05) is 0 Å². The molecule has 5 nitrogen and oxygen atoms in total. The predicted molar refractivity (Wildman–Crippen MR) is 48.5 cm³/mol. The first-order valence-electron chi connectivity index (χ1n) is 4.42. The van der Waals surface area contributed by atoms with Gasteiger partial charge in [-0.15, -0.1) is 0 Å². The maximum Gasteiger partial charge on any atom is 0.390 e. The lowest BCUT2D eigenvalue weighted by Gasteiger charge is -2.21. The first-order chi connectivity index (χ1) is 7.13. The zero-order valence-electron chi connectivity index (χ0n) is 8.62. The maximum absolute atomic E-state index is 11.8. The molecular weight excluding hydrogens is 229 g/mol. The highest BCUT2D eigenvalue weighted by Gasteiger charge is 2.29. The first-order valence-corrected chi connectivity index (χ1v) is 4.42. The van der Waals surface area contributed by atoms with Crippen molar-refractivity contribution in [2.45, 2.75) is 25.1 Å². The number of halogens is 3. The van der Waals surface area contributed by atoms with Crippen LogP contribution in [0, 0.1) is 0 Å². The van der Waals surface area contributed by atoms with E-state index in [0.717, 1.165) is 11.9 Å². The fourth-order valence-electron chi connectivity index (χ4n) is 0.963. The summed E-state index contributed by atoms with van der Waals surface area (Å²) in [6, 6.07) is -1.31. The Bertz CT molecular complexity index is 268. The first kappa shape index (κ1) is 14.7. The van der Waals surface area contributed by atoms with E-state index < -0.39 is 43.5 Å². The summed E-state index contributed by atoms with van der Waals surface area (Å²) in [5.74, 6) is -2.09. The van der Waals surface area contributed by atoms with E-state index in [9.17, 15) is 22.8 Å². The predicted octanol–water partition coefficient (Wildman–Crippen LogP) is 0.199. The summed E-state index contributed by atoms with van der Waals surface area (Å²) in [6.45, 7) is -0.532. The molecule has 94 valence electrons. The Labute approximate surface area is 90.0 Å². The van der Waals surface area contributed by atoms with Crippen LogP contribution in [0.3, 0.4) is 0 Å². The third-order valence-corrected chi connectivity index (χ3v) is 1.82. The topological polar surface area (TPSA) is 83.6 Å². The van der Waals surface area contributed by atoms with Gasteiger partial charge in [-0.25, -0.2) is 0 Å². The highest BCUT2D eigenvalue weighted by Crippen LogP contribution is 2.19.